The third-order valence-electron chi connectivity index (χ3n) is 3.17. The van der Waals surface area contributed by atoms with Crippen molar-refractivity contribution in [3.63, 3.8) is 0 Å². The molecule has 6 heteroatoms. The molecule has 0 N–H and O–H groups in total. The molecule has 4 aromatic rings. The van der Waals surface area contributed by atoms with Gasteiger partial charge >= 0.3 is 37.9 Å². The van der Waals surface area contributed by atoms with Crippen LogP contribution in [0.1, 0.15) is 0 Å². The van der Waals surface area contributed by atoms with E-state index in [0.717, 1.165) is 19.6 Å². The summed E-state index contributed by atoms with van der Waals surface area (Å²) in [5.74, 6) is 0. The Labute approximate surface area is 186 Å². The number of hydrogen-bond donors (Lipinski definition) is 0. The molecule has 0 aliphatic carbocycles. The monoisotopic (exact) mass is 516 g/mol. The van der Waals surface area contributed by atoms with Gasteiger partial charge in [-0.15, -0.1) is 105 Å². The molecule has 0 saturated heterocycles. The van der Waals surface area contributed by atoms with E-state index in [1.54, 1.807) is 0 Å². The second-order valence-electron chi connectivity index (χ2n) is 5.18. The summed E-state index contributed by atoms with van der Waals surface area (Å²) >= 11 is 10.7. The molecule has 0 saturated carbocycles. The molecule has 0 spiro atoms. The number of fused-ring (bicyclic) bond motifs is 2. The van der Waals surface area contributed by atoms with Crippen molar-refractivity contribution in [1.29, 1.82) is 0 Å². The van der Waals surface area contributed by atoms with E-state index < -0.39 is 20.8 Å². The average molecular weight is 519 g/mol. The summed E-state index contributed by atoms with van der Waals surface area (Å²) in [5, 5.41) is 6.50. The molecule has 0 aliphatic rings. The van der Waals surface area contributed by atoms with E-state index in [1.165, 1.54) is 21.5 Å². The summed E-state index contributed by atoms with van der Waals surface area (Å²) in [6, 6.07) is 24.2. The Balaban J connectivity index is 0.000000201. The zero-order chi connectivity index (χ0) is 19.4. The van der Waals surface area contributed by atoms with Crippen molar-refractivity contribution in [2.45, 2.75) is 13.1 Å². The Bertz CT molecular complexity index is 745. The van der Waals surface area contributed by atoms with Gasteiger partial charge in [-0.05, 0) is 10.0 Å². The van der Waals surface area contributed by atoms with Crippen LogP contribution in [-0.2, 0) is 20.8 Å². The maximum absolute atomic E-state index is 5.78. The zero-order valence-electron chi connectivity index (χ0n) is 14.4. The molecule has 2 radical (unpaired) electrons. The van der Waals surface area contributed by atoms with Crippen molar-refractivity contribution in [3.05, 3.63) is 82.8 Å². The second-order valence-corrected chi connectivity index (χ2v) is 10.8. The minimum absolute atomic E-state index is 0.821. The summed E-state index contributed by atoms with van der Waals surface area (Å²) < 4.78 is 0. The van der Waals surface area contributed by atoms with Gasteiger partial charge in [0.05, 0.1) is 0 Å². The van der Waals surface area contributed by atoms with Crippen molar-refractivity contribution in [2.75, 3.05) is 0 Å². The first-order valence-electron chi connectivity index (χ1n) is 7.72. The fourth-order valence-electron chi connectivity index (χ4n) is 2.23. The van der Waals surface area contributed by atoms with E-state index in [2.05, 4.69) is 37.4 Å². The van der Waals surface area contributed by atoms with Crippen LogP contribution in [-0.4, -0.2) is 9.52 Å². The molecular formula is C20H18Cl4SiZr. The molecule has 0 bridgehead atoms. The van der Waals surface area contributed by atoms with Gasteiger partial charge in [0.25, 0.3) is 0 Å². The summed E-state index contributed by atoms with van der Waals surface area (Å²) in [6.45, 7) is 4.31. The normalized spacial score (nSPS) is 9.15. The van der Waals surface area contributed by atoms with Crippen molar-refractivity contribution in [3.8, 4) is 0 Å². The third kappa shape index (κ3) is 8.74. The number of hydrogen-bond acceptors (Lipinski definition) is 0. The fraction of sp³-hybridized carbons (Fsp3) is 0.100. The SMILES string of the molecule is C[Si]C.Clc1cc2ccccc2[cH-]1.Clc1cc2ccccc2[cH-]1.[Cl][Zr+2][Cl]. The van der Waals surface area contributed by atoms with Crippen LogP contribution in [0.4, 0.5) is 0 Å². The number of benzene rings is 2. The van der Waals surface area contributed by atoms with Crippen LogP contribution in [0.5, 0.6) is 0 Å². The molecule has 4 rings (SSSR count). The van der Waals surface area contributed by atoms with Crippen molar-refractivity contribution in [1.82, 2.24) is 0 Å². The van der Waals surface area contributed by atoms with Gasteiger partial charge in [0.2, 0.25) is 0 Å². The van der Waals surface area contributed by atoms with Gasteiger partial charge in [-0.2, -0.15) is 0 Å². The molecule has 26 heavy (non-hydrogen) atoms. The molecule has 4 aromatic carbocycles. The van der Waals surface area contributed by atoms with Crippen LogP contribution in [0.2, 0.25) is 23.1 Å². The third-order valence-corrected chi connectivity index (χ3v) is 3.60. The van der Waals surface area contributed by atoms with E-state index in [4.69, 9.17) is 40.2 Å². The van der Waals surface area contributed by atoms with Crippen LogP contribution in [0.15, 0.2) is 72.8 Å². The fourth-order valence-corrected chi connectivity index (χ4v) is 2.70. The topological polar surface area (TPSA) is 0 Å². The predicted octanol–water partition coefficient (Wildman–Crippen LogP) is 8.59. The standard InChI is InChI=1S/2C9H6Cl.C2H6Si.2ClH.Zr/c2*10-9-5-7-3-1-2-4-8(7)6-9;1-3-2;;;/h2*1-6H;1-2H3;2*1H;/q2*-1;;;;+4/p-2. The average Bonchev–Trinajstić information content (AvgIpc) is 3.17. The molecule has 0 aliphatic heterocycles. The van der Waals surface area contributed by atoms with Gasteiger partial charge in [0, 0.05) is 9.52 Å². The zero-order valence-corrected chi connectivity index (χ0v) is 20.9. The molecule has 0 atom stereocenters. The molecule has 0 aromatic heterocycles. The van der Waals surface area contributed by atoms with E-state index in [1.807, 2.05) is 48.5 Å². The van der Waals surface area contributed by atoms with Gasteiger partial charge in [-0.1, -0.05) is 25.2 Å². The Hall–Kier alpha value is -0.0800. The predicted molar refractivity (Wildman–Crippen MR) is 118 cm³/mol. The van der Waals surface area contributed by atoms with E-state index in [-0.39, 0.29) is 0 Å². The first-order valence-corrected chi connectivity index (χ1v) is 16.8. The summed E-state index contributed by atoms with van der Waals surface area (Å²) in [4.78, 5) is 0. The summed E-state index contributed by atoms with van der Waals surface area (Å²) in [6.07, 6.45) is 0. The van der Waals surface area contributed by atoms with E-state index in [0.29, 0.717) is 0 Å². The minimum atomic E-state index is -0.826. The van der Waals surface area contributed by atoms with E-state index >= 15 is 0 Å². The van der Waals surface area contributed by atoms with Crippen LogP contribution < -0.4 is 0 Å². The second kappa shape index (κ2) is 14.0. The Morgan fingerprint density at radius 1 is 0.731 bits per heavy atom. The molecule has 134 valence electrons. The van der Waals surface area contributed by atoms with Crippen LogP contribution >= 0.6 is 40.2 Å². The Morgan fingerprint density at radius 2 is 1.04 bits per heavy atom. The summed E-state index contributed by atoms with van der Waals surface area (Å²) in [5.41, 5.74) is 0. The maximum atomic E-state index is 5.78. The number of rotatable bonds is 0. The number of halogens is 4. The van der Waals surface area contributed by atoms with Gasteiger partial charge in [-0.25, -0.2) is 0 Å². The molecule has 0 nitrogen and oxygen atoms in total. The Kier molecular flexibility index (Phi) is 12.9. The van der Waals surface area contributed by atoms with Crippen molar-refractivity contribution < 1.29 is 20.8 Å². The van der Waals surface area contributed by atoms with E-state index in [9.17, 15) is 0 Å². The van der Waals surface area contributed by atoms with Crippen molar-refractivity contribution in [2.24, 2.45) is 0 Å². The van der Waals surface area contributed by atoms with Crippen molar-refractivity contribution >= 4 is 71.3 Å². The van der Waals surface area contributed by atoms with Crippen LogP contribution in [0.25, 0.3) is 21.5 Å². The van der Waals surface area contributed by atoms with Gasteiger partial charge < -0.3 is 0 Å². The van der Waals surface area contributed by atoms with Crippen LogP contribution in [0.3, 0.4) is 0 Å². The van der Waals surface area contributed by atoms with Crippen LogP contribution in [0, 0.1) is 0 Å². The molecule has 0 unspecified atom stereocenters. The quantitative estimate of drug-likeness (QED) is 0.161. The molecule has 0 amide bonds. The van der Waals surface area contributed by atoms with Gasteiger partial charge in [0.15, 0.2) is 0 Å². The molecule has 0 heterocycles. The first kappa shape index (κ1) is 24.0. The summed E-state index contributed by atoms with van der Waals surface area (Å²) in [7, 11) is 11.0. The van der Waals surface area contributed by atoms with Gasteiger partial charge in [0.1, 0.15) is 0 Å². The first-order chi connectivity index (χ1) is 12.5. The Morgan fingerprint density at radius 3 is 1.35 bits per heavy atom. The van der Waals surface area contributed by atoms with Gasteiger partial charge in [-0.3, -0.25) is 0 Å². The molecule has 0 fully saturated rings. The molecular weight excluding hydrogens is 501 g/mol.